The van der Waals surface area contributed by atoms with E-state index in [0.717, 1.165) is 32.1 Å². The van der Waals surface area contributed by atoms with Crippen molar-refractivity contribution in [2.24, 2.45) is 0 Å². The van der Waals surface area contributed by atoms with Gasteiger partial charge in [0.15, 0.2) is 0 Å². The zero-order chi connectivity index (χ0) is 21.4. The van der Waals surface area contributed by atoms with Crippen molar-refractivity contribution >= 4 is 0 Å². The van der Waals surface area contributed by atoms with Gasteiger partial charge in [-0.25, -0.2) is 0 Å². The standard InChI is InChI=1S/5C4H10O.Ta/c5*1-3-4(2)5;/h5*4-5H,3H2,1-2H3;. The smallest absolute Gasteiger partial charge is 0.0509 e. The molecule has 5 atom stereocenters. The molecule has 0 aliphatic heterocycles. The zero-order valence-corrected chi connectivity index (χ0v) is 22.3. The van der Waals surface area contributed by atoms with Gasteiger partial charge in [-0.3, -0.25) is 0 Å². The van der Waals surface area contributed by atoms with Crippen LogP contribution in [0.25, 0.3) is 0 Å². The van der Waals surface area contributed by atoms with Crippen LogP contribution >= 0.6 is 0 Å². The first kappa shape index (κ1) is 41.0. The van der Waals surface area contributed by atoms with E-state index in [-0.39, 0.29) is 52.9 Å². The van der Waals surface area contributed by atoms with Gasteiger partial charge in [-0.15, -0.1) is 0 Å². The first-order chi connectivity index (χ1) is 11.4. The summed E-state index contributed by atoms with van der Waals surface area (Å²) in [6.07, 6.45) is 3.73. The van der Waals surface area contributed by atoms with Crippen molar-refractivity contribution in [1.29, 1.82) is 0 Å². The van der Waals surface area contributed by atoms with Gasteiger partial charge in [0.1, 0.15) is 0 Å². The van der Waals surface area contributed by atoms with E-state index in [1.165, 1.54) is 0 Å². The van der Waals surface area contributed by atoms with Crippen LogP contribution < -0.4 is 0 Å². The van der Waals surface area contributed by atoms with E-state index < -0.39 is 0 Å². The quantitative estimate of drug-likeness (QED) is 0.357. The predicted octanol–water partition coefficient (Wildman–Crippen LogP) is 3.88. The summed E-state index contributed by atoms with van der Waals surface area (Å²) in [6.45, 7) is 18.6. The van der Waals surface area contributed by atoms with E-state index in [9.17, 15) is 0 Å². The minimum Gasteiger partial charge on any atom is -0.393 e. The molecule has 5 unspecified atom stereocenters. The molecule has 0 aliphatic carbocycles. The third-order valence-corrected chi connectivity index (χ3v) is 2.95. The van der Waals surface area contributed by atoms with Crippen molar-refractivity contribution < 1.29 is 47.9 Å². The summed E-state index contributed by atoms with van der Waals surface area (Å²) in [6, 6.07) is 0. The molecule has 0 aromatic rings. The average molecular weight is 552 g/mol. The van der Waals surface area contributed by atoms with E-state index in [4.69, 9.17) is 25.5 Å². The molecule has 0 aromatic heterocycles. The number of hydrogen-bond acceptors (Lipinski definition) is 5. The van der Waals surface area contributed by atoms with Gasteiger partial charge in [0.05, 0.1) is 30.5 Å². The van der Waals surface area contributed by atoms with Crippen molar-refractivity contribution in [3.8, 4) is 0 Å². The first-order valence-electron chi connectivity index (χ1n) is 9.75. The van der Waals surface area contributed by atoms with Crippen LogP contribution in [0.1, 0.15) is 101 Å². The molecule has 5 N–H and O–H groups in total. The Morgan fingerprint density at radius 3 is 0.423 bits per heavy atom. The number of rotatable bonds is 5. The summed E-state index contributed by atoms with van der Waals surface area (Å²) < 4.78 is 0. The van der Waals surface area contributed by atoms with Crippen molar-refractivity contribution in [3.05, 3.63) is 0 Å². The van der Waals surface area contributed by atoms with Crippen molar-refractivity contribution in [2.45, 2.75) is 132 Å². The Labute approximate surface area is 179 Å². The van der Waals surface area contributed by atoms with Crippen LogP contribution in [0.5, 0.6) is 0 Å². The molecular formula is C20H50O5Ta. The number of hydrogen-bond donors (Lipinski definition) is 5. The SMILES string of the molecule is CCC(C)O.CCC(C)O.CCC(C)O.CCC(C)O.CCC(C)O.[Ta]. The van der Waals surface area contributed by atoms with Gasteiger partial charge in [0.25, 0.3) is 0 Å². The molecule has 6 heteroatoms. The summed E-state index contributed by atoms with van der Waals surface area (Å²) in [5, 5.41) is 41.8. The molecule has 0 rings (SSSR count). The second kappa shape index (κ2) is 36.5. The number of aliphatic hydroxyl groups excluding tert-OH is 5. The maximum absolute atomic E-state index is 8.36. The summed E-state index contributed by atoms with van der Waals surface area (Å²) in [5.41, 5.74) is 0. The van der Waals surface area contributed by atoms with E-state index in [0.29, 0.717) is 0 Å². The Balaban J connectivity index is -0.0000000476. The van der Waals surface area contributed by atoms with Gasteiger partial charge in [0.2, 0.25) is 0 Å². The van der Waals surface area contributed by atoms with Gasteiger partial charge >= 0.3 is 0 Å². The van der Waals surface area contributed by atoms with Gasteiger partial charge < -0.3 is 25.5 Å². The van der Waals surface area contributed by atoms with Crippen molar-refractivity contribution in [1.82, 2.24) is 0 Å². The van der Waals surface area contributed by atoms with Crippen molar-refractivity contribution in [3.63, 3.8) is 0 Å². The second-order valence-corrected chi connectivity index (χ2v) is 6.29. The van der Waals surface area contributed by atoms with E-state index in [2.05, 4.69) is 0 Å². The van der Waals surface area contributed by atoms with Crippen LogP contribution in [-0.2, 0) is 22.4 Å². The molecule has 26 heavy (non-hydrogen) atoms. The molecule has 0 spiro atoms. The zero-order valence-electron chi connectivity index (χ0n) is 19.1. The van der Waals surface area contributed by atoms with Gasteiger partial charge in [0, 0.05) is 22.4 Å². The van der Waals surface area contributed by atoms with Crippen LogP contribution in [0, 0.1) is 0 Å². The van der Waals surface area contributed by atoms with Crippen LogP contribution in [-0.4, -0.2) is 56.1 Å². The third kappa shape index (κ3) is 122. The second-order valence-electron chi connectivity index (χ2n) is 6.29. The Kier molecular flexibility index (Phi) is 57.5. The maximum atomic E-state index is 8.36. The minimum absolute atomic E-state index is 0. The van der Waals surface area contributed by atoms with Crippen molar-refractivity contribution in [2.75, 3.05) is 0 Å². The minimum atomic E-state index is -0.116. The molecule has 0 bridgehead atoms. The van der Waals surface area contributed by atoms with Gasteiger partial charge in [-0.1, -0.05) is 34.6 Å². The van der Waals surface area contributed by atoms with Gasteiger partial charge in [-0.05, 0) is 66.7 Å². The molecule has 0 fully saturated rings. The monoisotopic (exact) mass is 551 g/mol. The van der Waals surface area contributed by atoms with Crippen LogP contribution in [0.4, 0.5) is 0 Å². The molecule has 0 amide bonds. The summed E-state index contributed by atoms with van der Waals surface area (Å²) in [5.74, 6) is 0. The normalized spacial score (nSPS) is 14.4. The van der Waals surface area contributed by atoms with E-state index in [1.54, 1.807) is 34.6 Å². The van der Waals surface area contributed by atoms with Crippen LogP contribution in [0.2, 0.25) is 0 Å². The van der Waals surface area contributed by atoms with Crippen LogP contribution in [0.15, 0.2) is 0 Å². The Bertz CT molecular complexity index is 141. The number of aliphatic hydroxyl groups is 5. The third-order valence-electron chi connectivity index (χ3n) is 2.95. The average Bonchev–Trinajstić information content (AvgIpc) is 2.56. The molecule has 0 aromatic carbocycles. The molecule has 0 saturated heterocycles. The predicted molar refractivity (Wildman–Crippen MR) is 110 cm³/mol. The molecule has 165 valence electrons. The summed E-state index contributed by atoms with van der Waals surface area (Å²) >= 11 is 0. The fraction of sp³-hybridized carbons (Fsp3) is 1.00. The molecule has 5 nitrogen and oxygen atoms in total. The molecule has 1 radical (unpaired) electrons. The summed E-state index contributed by atoms with van der Waals surface area (Å²) in [7, 11) is 0. The van der Waals surface area contributed by atoms with E-state index >= 15 is 0 Å². The first-order valence-corrected chi connectivity index (χ1v) is 9.75. The largest absolute Gasteiger partial charge is 0.393 e. The Hall–Kier alpha value is 0.540. The Morgan fingerprint density at radius 1 is 0.385 bits per heavy atom. The molecule has 0 saturated carbocycles. The molecular weight excluding hydrogens is 501 g/mol. The van der Waals surface area contributed by atoms with Gasteiger partial charge in [-0.2, -0.15) is 0 Å². The van der Waals surface area contributed by atoms with E-state index in [1.807, 2.05) is 34.6 Å². The van der Waals surface area contributed by atoms with Crippen LogP contribution in [0.3, 0.4) is 0 Å². The fourth-order valence-electron chi connectivity index (χ4n) is 0. The molecule has 0 aliphatic rings. The topological polar surface area (TPSA) is 101 Å². The fourth-order valence-corrected chi connectivity index (χ4v) is 0. The molecule has 0 heterocycles. The maximum Gasteiger partial charge on any atom is 0.0509 e. The summed E-state index contributed by atoms with van der Waals surface area (Å²) in [4.78, 5) is 0. The Morgan fingerprint density at radius 2 is 0.423 bits per heavy atom.